The Morgan fingerprint density at radius 2 is 1.62 bits per heavy atom. The number of fused-ring (bicyclic) bond motifs is 1. The molecule has 202 valence electrons. The van der Waals surface area contributed by atoms with E-state index in [4.69, 9.17) is 9.47 Å². The Kier molecular flexibility index (Phi) is 8.21. The van der Waals surface area contributed by atoms with Gasteiger partial charge in [0, 0.05) is 29.7 Å². The molecule has 5 rings (SSSR count). The van der Waals surface area contributed by atoms with Gasteiger partial charge in [0.2, 0.25) is 0 Å². The predicted octanol–water partition coefficient (Wildman–Crippen LogP) is 7.11. The number of hydrogen-bond donors (Lipinski definition) is 1. The second-order valence-electron chi connectivity index (χ2n) is 9.44. The molecular formula is C33H32N4O3. The molecule has 0 fully saturated rings. The minimum Gasteiger partial charge on any atom is -0.493 e. The summed E-state index contributed by atoms with van der Waals surface area (Å²) in [5, 5.41) is 4.34. The fraction of sp³-hybridized carbons (Fsp3) is 0.182. The number of benzene rings is 4. The van der Waals surface area contributed by atoms with Crippen LogP contribution in [0.15, 0.2) is 97.3 Å². The second-order valence-corrected chi connectivity index (χ2v) is 9.44. The van der Waals surface area contributed by atoms with Crippen LogP contribution >= 0.6 is 0 Å². The summed E-state index contributed by atoms with van der Waals surface area (Å²) >= 11 is 0. The van der Waals surface area contributed by atoms with Gasteiger partial charge in [-0.25, -0.2) is 9.97 Å². The van der Waals surface area contributed by atoms with E-state index < -0.39 is 0 Å². The number of methoxy groups -OCH3 is 2. The van der Waals surface area contributed by atoms with Crippen molar-refractivity contribution in [2.24, 2.45) is 0 Å². The van der Waals surface area contributed by atoms with Crippen LogP contribution in [0, 0.1) is 0 Å². The molecule has 5 aromatic rings. The van der Waals surface area contributed by atoms with Gasteiger partial charge in [-0.1, -0.05) is 49.4 Å². The molecule has 1 amide bonds. The molecule has 4 aromatic carbocycles. The first-order valence-corrected chi connectivity index (χ1v) is 13.3. The van der Waals surface area contributed by atoms with Crippen molar-refractivity contribution in [2.45, 2.75) is 19.9 Å². The van der Waals surface area contributed by atoms with Crippen molar-refractivity contribution in [1.82, 2.24) is 14.9 Å². The second kappa shape index (κ2) is 12.3. The van der Waals surface area contributed by atoms with E-state index >= 15 is 0 Å². The van der Waals surface area contributed by atoms with Gasteiger partial charge in [0.1, 0.15) is 12.1 Å². The minimum absolute atomic E-state index is 0.0484. The van der Waals surface area contributed by atoms with Crippen LogP contribution < -0.4 is 14.8 Å². The number of nitrogens with zero attached hydrogens (tertiary/aromatic N) is 3. The zero-order valence-electron chi connectivity index (χ0n) is 22.9. The molecule has 1 heterocycles. The number of anilines is 2. The minimum atomic E-state index is -0.0484. The van der Waals surface area contributed by atoms with Crippen LogP contribution in [0.4, 0.5) is 11.5 Å². The Labute approximate surface area is 234 Å². The van der Waals surface area contributed by atoms with E-state index in [-0.39, 0.29) is 5.91 Å². The third-order valence-corrected chi connectivity index (χ3v) is 6.72. The van der Waals surface area contributed by atoms with Gasteiger partial charge in [-0.15, -0.1) is 0 Å². The number of rotatable bonds is 10. The smallest absolute Gasteiger partial charge is 0.254 e. The number of carbonyl (C=O) groups excluding carboxylic acids is 1. The molecule has 0 bridgehead atoms. The van der Waals surface area contributed by atoms with E-state index in [0.29, 0.717) is 30.2 Å². The molecule has 40 heavy (non-hydrogen) atoms. The molecule has 0 radical (unpaired) electrons. The number of amides is 1. The first kappa shape index (κ1) is 26.7. The fourth-order valence-corrected chi connectivity index (χ4v) is 4.74. The molecule has 0 unspecified atom stereocenters. The number of ether oxygens (including phenoxy) is 2. The van der Waals surface area contributed by atoms with Crippen LogP contribution in [0.25, 0.3) is 22.0 Å². The van der Waals surface area contributed by atoms with Crippen molar-refractivity contribution >= 4 is 28.3 Å². The largest absolute Gasteiger partial charge is 0.493 e. The summed E-state index contributed by atoms with van der Waals surface area (Å²) in [4.78, 5) is 24.3. The lowest BCUT2D eigenvalue weighted by atomic mass is 10.0. The summed E-state index contributed by atoms with van der Waals surface area (Å²) in [5.74, 6) is 1.83. The summed E-state index contributed by atoms with van der Waals surface area (Å²) < 4.78 is 10.7. The summed E-state index contributed by atoms with van der Waals surface area (Å²) in [6.45, 7) is 3.20. The highest BCUT2D eigenvalue weighted by Gasteiger charge is 2.18. The summed E-state index contributed by atoms with van der Waals surface area (Å²) in [6.07, 6.45) is 2.42. The van der Waals surface area contributed by atoms with E-state index in [1.165, 1.54) is 0 Å². The highest BCUT2D eigenvalue weighted by Crippen LogP contribution is 2.30. The van der Waals surface area contributed by atoms with Gasteiger partial charge in [-0.2, -0.15) is 0 Å². The van der Waals surface area contributed by atoms with Gasteiger partial charge in [0.25, 0.3) is 5.91 Å². The lowest BCUT2D eigenvalue weighted by molar-refractivity contribution is 0.0742. The Balaban J connectivity index is 1.42. The topological polar surface area (TPSA) is 76.6 Å². The molecule has 7 nitrogen and oxygen atoms in total. The molecule has 7 heteroatoms. The number of carbonyl (C=O) groups is 1. The lowest BCUT2D eigenvalue weighted by Crippen LogP contribution is -2.31. The molecule has 0 saturated carbocycles. The summed E-state index contributed by atoms with van der Waals surface area (Å²) in [6, 6.07) is 29.7. The number of para-hydroxylation sites is 1. The van der Waals surface area contributed by atoms with Crippen LogP contribution in [0.2, 0.25) is 0 Å². The van der Waals surface area contributed by atoms with E-state index in [2.05, 4.69) is 52.5 Å². The molecule has 0 saturated heterocycles. The number of hydrogen-bond acceptors (Lipinski definition) is 6. The fourth-order valence-electron chi connectivity index (χ4n) is 4.74. The molecule has 0 aliphatic heterocycles. The monoisotopic (exact) mass is 532 g/mol. The maximum Gasteiger partial charge on any atom is 0.254 e. The van der Waals surface area contributed by atoms with Gasteiger partial charge in [0.15, 0.2) is 11.5 Å². The molecule has 0 atom stereocenters. The maximum atomic E-state index is 13.5. The Morgan fingerprint density at radius 3 is 2.40 bits per heavy atom. The molecule has 0 spiro atoms. The maximum absolute atomic E-state index is 13.5. The van der Waals surface area contributed by atoms with E-state index in [9.17, 15) is 4.79 Å². The quantitative estimate of drug-likeness (QED) is 0.207. The molecule has 1 N–H and O–H groups in total. The van der Waals surface area contributed by atoms with Crippen LogP contribution in [-0.4, -0.2) is 41.5 Å². The van der Waals surface area contributed by atoms with Crippen molar-refractivity contribution in [3.05, 3.63) is 108 Å². The number of aromatic nitrogens is 2. The Bertz CT molecular complexity index is 1620. The van der Waals surface area contributed by atoms with Gasteiger partial charge in [-0.05, 0) is 71.6 Å². The van der Waals surface area contributed by atoms with Gasteiger partial charge >= 0.3 is 0 Å². The van der Waals surface area contributed by atoms with Crippen LogP contribution in [-0.2, 0) is 6.54 Å². The van der Waals surface area contributed by atoms with Crippen LogP contribution in [0.1, 0.15) is 29.3 Å². The van der Waals surface area contributed by atoms with Crippen molar-refractivity contribution in [1.29, 1.82) is 0 Å². The first-order chi connectivity index (χ1) is 19.6. The van der Waals surface area contributed by atoms with Gasteiger partial charge < -0.3 is 19.7 Å². The highest BCUT2D eigenvalue weighted by molar-refractivity contribution is 5.95. The zero-order valence-corrected chi connectivity index (χ0v) is 22.9. The standard InChI is InChI=1S/C33H32N4O3/c1-4-17-37(33(38)26-14-16-30(39-2)31(20-26)40-3)21-23-9-8-10-24(18-23)25-13-15-29-28(19-25)32(35-22-34-29)36-27-11-6-5-7-12-27/h5-16,18-20,22H,4,17,21H2,1-3H3,(H,34,35,36). The third-order valence-electron chi connectivity index (χ3n) is 6.72. The third kappa shape index (κ3) is 5.89. The van der Waals surface area contributed by atoms with Crippen molar-refractivity contribution in [3.8, 4) is 22.6 Å². The normalized spacial score (nSPS) is 10.8. The van der Waals surface area contributed by atoms with Crippen molar-refractivity contribution < 1.29 is 14.3 Å². The summed E-state index contributed by atoms with van der Waals surface area (Å²) in [5.41, 5.74) is 5.55. The van der Waals surface area contributed by atoms with E-state index in [1.807, 2.05) is 47.4 Å². The van der Waals surface area contributed by atoms with Gasteiger partial charge in [-0.3, -0.25) is 4.79 Å². The van der Waals surface area contributed by atoms with Gasteiger partial charge in [0.05, 0.1) is 19.7 Å². The summed E-state index contributed by atoms with van der Waals surface area (Å²) in [7, 11) is 3.15. The molecule has 0 aliphatic carbocycles. The first-order valence-electron chi connectivity index (χ1n) is 13.3. The lowest BCUT2D eigenvalue weighted by Gasteiger charge is -2.23. The average Bonchev–Trinajstić information content (AvgIpc) is 3.00. The molecule has 0 aliphatic rings. The number of nitrogens with one attached hydrogen (secondary N) is 1. The van der Waals surface area contributed by atoms with E-state index in [0.717, 1.165) is 45.5 Å². The average molecular weight is 533 g/mol. The Hall–Kier alpha value is -4.91. The van der Waals surface area contributed by atoms with Crippen LogP contribution in [0.5, 0.6) is 11.5 Å². The van der Waals surface area contributed by atoms with Crippen molar-refractivity contribution in [2.75, 3.05) is 26.1 Å². The Morgan fingerprint density at radius 1 is 0.825 bits per heavy atom. The van der Waals surface area contributed by atoms with E-state index in [1.54, 1.807) is 38.7 Å². The molecule has 1 aromatic heterocycles. The predicted molar refractivity (Wildman–Crippen MR) is 159 cm³/mol. The zero-order chi connectivity index (χ0) is 27.9. The van der Waals surface area contributed by atoms with Crippen molar-refractivity contribution in [3.63, 3.8) is 0 Å². The van der Waals surface area contributed by atoms with Crippen LogP contribution in [0.3, 0.4) is 0 Å². The molecular weight excluding hydrogens is 500 g/mol. The SMILES string of the molecule is CCCN(Cc1cccc(-c2ccc3ncnc(Nc4ccccc4)c3c2)c1)C(=O)c1ccc(OC)c(OC)c1. The highest BCUT2D eigenvalue weighted by atomic mass is 16.5.